The van der Waals surface area contributed by atoms with E-state index in [9.17, 15) is 29.3 Å². The van der Waals surface area contributed by atoms with Crippen LogP contribution in [-0.2, 0) is 19.1 Å². The van der Waals surface area contributed by atoms with Gasteiger partial charge >= 0.3 is 5.97 Å². The van der Waals surface area contributed by atoms with Gasteiger partial charge in [-0.15, -0.1) is 0 Å². The van der Waals surface area contributed by atoms with Crippen LogP contribution >= 0.6 is 11.6 Å². The number of nitrogens with one attached hydrogen (secondary N) is 2. The average Bonchev–Trinajstić information content (AvgIpc) is 3.14. The molecule has 3 rings (SSSR count). The molecule has 2 aromatic carbocycles. The highest BCUT2D eigenvalue weighted by molar-refractivity contribution is 6.30. The number of halogens is 1. The molecule has 0 aromatic heterocycles. The molecule has 3 amide bonds. The van der Waals surface area contributed by atoms with Crippen molar-refractivity contribution in [1.29, 1.82) is 0 Å². The lowest BCUT2D eigenvalue weighted by Crippen LogP contribution is -2.43. The molecule has 0 aliphatic carbocycles. The Hall–Kier alpha value is -3.99. The van der Waals surface area contributed by atoms with Crippen molar-refractivity contribution in [2.45, 2.75) is 13.3 Å². The van der Waals surface area contributed by atoms with Crippen molar-refractivity contribution in [3.05, 3.63) is 68.7 Å². The van der Waals surface area contributed by atoms with Gasteiger partial charge < -0.3 is 10.1 Å². The summed E-state index contributed by atoms with van der Waals surface area (Å²) in [5.74, 6) is -3.36. The van der Waals surface area contributed by atoms with Gasteiger partial charge in [-0.1, -0.05) is 17.7 Å². The van der Waals surface area contributed by atoms with Gasteiger partial charge in [0.2, 0.25) is 5.91 Å². The first-order valence-electron chi connectivity index (χ1n) is 9.72. The van der Waals surface area contributed by atoms with Gasteiger partial charge in [0.1, 0.15) is 0 Å². The number of carbonyl (C=O) groups is 4. The molecule has 1 aliphatic rings. The second-order valence-electron chi connectivity index (χ2n) is 7.27. The number of nitro benzene ring substituents is 1. The lowest BCUT2D eigenvalue weighted by Gasteiger charge is -2.17. The summed E-state index contributed by atoms with van der Waals surface area (Å²) in [4.78, 5) is 59.2. The van der Waals surface area contributed by atoms with Gasteiger partial charge in [0.15, 0.2) is 6.61 Å². The third-order valence-corrected chi connectivity index (χ3v) is 5.09. The maximum absolute atomic E-state index is 12.3. The first kappa shape index (κ1) is 23.7. The third-order valence-electron chi connectivity index (χ3n) is 4.84. The second kappa shape index (κ2) is 10.1. The predicted molar refractivity (Wildman–Crippen MR) is 116 cm³/mol. The number of esters is 1. The van der Waals surface area contributed by atoms with Crippen LogP contribution in [0.1, 0.15) is 22.3 Å². The number of ether oxygens (including phenoxy) is 1. The lowest BCUT2D eigenvalue weighted by molar-refractivity contribution is -0.385. The zero-order chi connectivity index (χ0) is 24.1. The largest absolute Gasteiger partial charge is 0.455 e. The highest BCUT2D eigenvalue weighted by Crippen LogP contribution is 2.22. The van der Waals surface area contributed by atoms with Gasteiger partial charge in [-0.25, -0.2) is 0 Å². The highest BCUT2D eigenvalue weighted by Gasteiger charge is 2.36. The second-order valence-corrected chi connectivity index (χ2v) is 7.70. The van der Waals surface area contributed by atoms with Crippen molar-refractivity contribution in [3.63, 3.8) is 0 Å². The van der Waals surface area contributed by atoms with Crippen LogP contribution < -0.4 is 10.7 Å². The monoisotopic (exact) mass is 474 g/mol. The number of carbonyl (C=O) groups excluding carboxylic acids is 4. The Bertz CT molecular complexity index is 1120. The molecule has 172 valence electrons. The van der Waals surface area contributed by atoms with Crippen LogP contribution in [0.2, 0.25) is 5.02 Å². The zero-order valence-electron chi connectivity index (χ0n) is 17.4. The van der Waals surface area contributed by atoms with E-state index in [4.69, 9.17) is 16.3 Å². The molecule has 0 spiro atoms. The van der Waals surface area contributed by atoms with Gasteiger partial charge in [-0.2, -0.15) is 0 Å². The number of hydrazine groups is 1. The fourth-order valence-corrected chi connectivity index (χ4v) is 3.22. The minimum Gasteiger partial charge on any atom is -0.455 e. The molecular formula is C21H19ClN4O7. The Morgan fingerprint density at radius 3 is 2.58 bits per heavy atom. The van der Waals surface area contributed by atoms with E-state index in [1.165, 1.54) is 42.5 Å². The van der Waals surface area contributed by atoms with Crippen molar-refractivity contribution < 1.29 is 28.8 Å². The van der Waals surface area contributed by atoms with Crippen molar-refractivity contribution >= 4 is 46.7 Å². The summed E-state index contributed by atoms with van der Waals surface area (Å²) in [6.45, 7) is 0.820. The summed E-state index contributed by atoms with van der Waals surface area (Å²) in [6, 6.07) is 10.2. The fraction of sp³-hybridized carbons (Fsp3) is 0.238. The Morgan fingerprint density at radius 2 is 1.91 bits per heavy atom. The van der Waals surface area contributed by atoms with E-state index < -0.39 is 41.1 Å². The maximum Gasteiger partial charge on any atom is 0.311 e. The summed E-state index contributed by atoms with van der Waals surface area (Å²) >= 11 is 5.78. The quantitative estimate of drug-likeness (QED) is 0.355. The minimum absolute atomic E-state index is 0.108. The minimum atomic E-state index is -0.865. The normalized spacial score (nSPS) is 15.2. The zero-order valence-corrected chi connectivity index (χ0v) is 18.1. The number of nitrogens with zero attached hydrogens (tertiary/aromatic N) is 2. The molecule has 2 aromatic rings. The van der Waals surface area contributed by atoms with Gasteiger partial charge in [0.25, 0.3) is 17.5 Å². The smallest absolute Gasteiger partial charge is 0.311 e. The topological polar surface area (TPSA) is 148 Å². The summed E-state index contributed by atoms with van der Waals surface area (Å²) in [7, 11) is 0. The Kier molecular flexibility index (Phi) is 7.23. The molecule has 11 nitrogen and oxygen atoms in total. The highest BCUT2D eigenvalue weighted by atomic mass is 35.5. The summed E-state index contributed by atoms with van der Waals surface area (Å²) in [6.07, 6.45) is -0.189. The Morgan fingerprint density at radius 1 is 1.21 bits per heavy atom. The number of nitro groups is 1. The number of hydrogen-bond donors (Lipinski definition) is 2. The average molecular weight is 475 g/mol. The summed E-state index contributed by atoms with van der Waals surface area (Å²) in [5.41, 5.74) is 3.17. The molecule has 0 unspecified atom stereocenters. The van der Waals surface area contributed by atoms with Crippen LogP contribution in [-0.4, -0.2) is 46.8 Å². The predicted octanol–water partition coefficient (Wildman–Crippen LogP) is 2.23. The van der Waals surface area contributed by atoms with Crippen molar-refractivity contribution in [3.8, 4) is 0 Å². The SMILES string of the molecule is Cc1ccc(NC(=O)COC(=O)[C@@H]2CC(=O)N(NC(=O)c3ccc(Cl)cc3)C2)cc1[N+](=O)[O-]. The van der Waals surface area contributed by atoms with E-state index in [1.807, 2.05) is 0 Å². The standard InChI is InChI=1S/C21H19ClN4O7/c1-12-2-7-16(9-17(12)26(31)32)23-18(27)11-33-21(30)14-8-19(28)25(10-14)24-20(29)13-3-5-15(22)6-4-13/h2-7,9,14H,8,10-11H2,1H3,(H,23,27)(H,24,29)/t14-/m1/s1. The van der Waals surface area contributed by atoms with Crippen LogP contribution in [0.4, 0.5) is 11.4 Å². The van der Waals surface area contributed by atoms with Crippen LogP contribution in [0.5, 0.6) is 0 Å². The van der Waals surface area contributed by atoms with E-state index in [1.54, 1.807) is 6.92 Å². The number of hydrogen-bond acceptors (Lipinski definition) is 7. The van der Waals surface area contributed by atoms with E-state index >= 15 is 0 Å². The molecule has 1 atom stereocenters. The van der Waals surface area contributed by atoms with Crippen LogP contribution in [0.15, 0.2) is 42.5 Å². The number of benzene rings is 2. The van der Waals surface area contributed by atoms with Crippen LogP contribution in [0.3, 0.4) is 0 Å². The van der Waals surface area contributed by atoms with Gasteiger partial charge in [-0.05, 0) is 37.3 Å². The van der Waals surface area contributed by atoms with E-state index in [0.717, 1.165) is 5.01 Å². The summed E-state index contributed by atoms with van der Waals surface area (Å²) < 4.78 is 4.97. The molecule has 1 heterocycles. The molecule has 1 fully saturated rings. The van der Waals surface area contributed by atoms with Crippen molar-refractivity contribution in [2.75, 3.05) is 18.5 Å². The van der Waals surface area contributed by atoms with Crippen LogP contribution in [0.25, 0.3) is 0 Å². The number of amides is 3. The molecular weight excluding hydrogens is 456 g/mol. The van der Waals surface area contributed by atoms with Gasteiger partial charge in [0.05, 0.1) is 17.4 Å². The summed E-state index contributed by atoms with van der Waals surface area (Å²) in [5, 5.41) is 14.9. The number of aryl methyl sites for hydroxylation is 1. The molecule has 12 heteroatoms. The van der Waals surface area contributed by atoms with E-state index in [0.29, 0.717) is 10.6 Å². The molecule has 0 bridgehead atoms. The van der Waals surface area contributed by atoms with Gasteiger partial charge in [0, 0.05) is 34.3 Å². The first-order chi connectivity index (χ1) is 15.6. The number of rotatable bonds is 7. The first-order valence-corrected chi connectivity index (χ1v) is 10.1. The van der Waals surface area contributed by atoms with E-state index in [-0.39, 0.29) is 29.9 Å². The number of anilines is 1. The molecule has 1 aliphatic heterocycles. The van der Waals surface area contributed by atoms with Crippen LogP contribution in [0, 0.1) is 23.0 Å². The molecule has 0 saturated carbocycles. The van der Waals surface area contributed by atoms with E-state index in [2.05, 4.69) is 10.7 Å². The Labute approximate surface area is 192 Å². The molecule has 0 radical (unpaired) electrons. The van der Waals surface area contributed by atoms with Gasteiger partial charge in [-0.3, -0.25) is 39.7 Å². The maximum atomic E-state index is 12.3. The molecule has 1 saturated heterocycles. The fourth-order valence-electron chi connectivity index (χ4n) is 3.10. The third kappa shape index (κ3) is 6.04. The van der Waals surface area contributed by atoms with Crippen molar-refractivity contribution in [1.82, 2.24) is 10.4 Å². The molecule has 2 N–H and O–H groups in total. The van der Waals surface area contributed by atoms with Crippen molar-refractivity contribution in [2.24, 2.45) is 5.92 Å². The lowest BCUT2D eigenvalue weighted by atomic mass is 10.1. The molecule has 33 heavy (non-hydrogen) atoms. The Balaban J connectivity index is 1.49.